The van der Waals surface area contributed by atoms with Gasteiger partial charge in [0, 0.05) is 25.7 Å². The summed E-state index contributed by atoms with van der Waals surface area (Å²) in [5, 5.41) is 12.3. The zero-order valence-corrected chi connectivity index (χ0v) is 18.6. The van der Waals surface area contributed by atoms with Crippen molar-refractivity contribution in [1.29, 1.82) is 0 Å². The first-order chi connectivity index (χ1) is 13.0. The summed E-state index contributed by atoms with van der Waals surface area (Å²) in [4.78, 5) is 28.5. The molecular formula is C20H39N5O3. The second kappa shape index (κ2) is 10.5. The highest BCUT2D eigenvalue weighted by atomic mass is 16.6. The number of carbonyl (C=O) groups excluding carboxylic acids is 2. The van der Waals surface area contributed by atoms with Crippen LogP contribution >= 0.6 is 0 Å². The lowest BCUT2D eigenvalue weighted by Gasteiger charge is -2.31. The Labute approximate surface area is 169 Å². The van der Waals surface area contributed by atoms with Gasteiger partial charge in [0.1, 0.15) is 5.60 Å². The summed E-state index contributed by atoms with van der Waals surface area (Å²) in [7, 11) is 1.64. The second-order valence-electron chi connectivity index (χ2n) is 9.00. The fourth-order valence-electron chi connectivity index (χ4n) is 3.06. The maximum Gasteiger partial charge on any atom is 0.407 e. The molecule has 8 heteroatoms. The Balaban J connectivity index is 2.52. The first kappa shape index (κ1) is 24.0. The van der Waals surface area contributed by atoms with Crippen LogP contribution in [0.3, 0.4) is 0 Å². The lowest BCUT2D eigenvalue weighted by molar-refractivity contribution is -0.128. The molecule has 0 aromatic rings. The number of carbonyl (C=O) groups is 2. The fraction of sp³-hybridized carbons (Fsp3) is 0.850. The van der Waals surface area contributed by atoms with E-state index in [1.807, 2.05) is 41.5 Å². The van der Waals surface area contributed by atoms with Gasteiger partial charge in [0.25, 0.3) is 0 Å². The Hall–Kier alpha value is -1.99. The zero-order chi connectivity index (χ0) is 21.4. The summed E-state index contributed by atoms with van der Waals surface area (Å²) >= 11 is 0. The number of hydrogen-bond donors (Lipinski definition) is 4. The van der Waals surface area contributed by atoms with E-state index in [0.29, 0.717) is 6.54 Å². The van der Waals surface area contributed by atoms with Crippen LogP contribution in [-0.4, -0.2) is 55.8 Å². The molecule has 0 radical (unpaired) electrons. The van der Waals surface area contributed by atoms with E-state index in [9.17, 15) is 9.59 Å². The molecule has 0 spiro atoms. The molecule has 1 rings (SSSR count). The van der Waals surface area contributed by atoms with Crippen molar-refractivity contribution >= 4 is 18.0 Å². The van der Waals surface area contributed by atoms with E-state index in [0.717, 1.165) is 38.2 Å². The van der Waals surface area contributed by atoms with Gasteiger partial charge >= 0.3 is 6.09 Å². The Morgan fingerprint density at radius 1 is 1.00 bits per heavy atom. The van der Waals surface area contributed by atoms with Gasteiger partial charge in [-0.05, 0) is 67.2 Å². The summed E-state index contributed by atoms with van der Waals surface area (Å²) in [6.45, 7) is 12.5. The first-order valence-electron chi connectivity index (χ1n) is 10.2. The van der Waals surface area contributed by atoms with Crippen molar-refractivity contribution in [2.75, 3.05) is 20.1 Å². The first-order valence-corrected chi connectivity index (χ1v) is 10.2. The van der Waals surface area contributed by atoms with E-state index in [1.165, 1.54) is 0 Å². The van der Waals surface area contributed by atoms with Crippen molar-refractivity contribution in [3.05, 3.63) is 0 Å². The van der Waals surface area contributed by atoms with Gasteiger partial charge in [-0.1, -0.05) is 0 Å². The third-order valence-corrected chi connectivity index (χ3v) is 4.61. The van der Waals surface area contributed by atoms with Gasteiger partial charge in [0.2, 0.25) is 5.91 Å². The van der Waals surface area contributed by atoms with Gasteiger partial charge in [0.05, 0.1) is 12.0 Å². The van der Waals surface area contributed by atoms with Crippen LogP contribution in [0.1, 0.15) is 67.2 Å². The number of amides is 2. The predicted molar refractivity (Wildman–Crippen MR) is 112 cm³/mol. The minimum atomic E-state index is -0.563. The molecule has 8 nitrogen and oxygen atoms in total. The van der Waals surface area contributed by atoms with Crippen molar-refractivity contribution < 1.29 is 14.3 Å². The summed E-state index contributed by atoms with van der Waals surface area (Å²) in [5.74, 6) is 0.698. The molecule has 1 aliphatic carbocycles. The highest BCUT2D eigenvalue weighted by molar-refractivity contribution is 5.83. The van der Waals surface area contributed by atoms with Crippen LogP contribution in [0.5, 0.6) is 0 Å². The number of hydrogen-bond acceptors (Lipinski definition) is 4. The minimum Gasteiger partial charge on any atom is -0.444 e. The molecule has 0 atom stereocenters. The van der Waals surface area contributed by atoms with Crippen LogP contribution in [0.4, 0.5) is 4.79 Å². The van der Waals surface area contributed by atoms with Gasteiger partial charge in [0.15, 0.2) is 5.96 Å². The van der Waals surface area contributed by atoms with E-state index < -0.39 is 11.0 Å². The highest BCUT2D eigenvalue weighted by Crippen LogP contribution is 2.20. The molecule has 0 aliphatic heterocycles. The van der Waals surface area contributed by atoms with Gasteiger partial charge in [-0.25, -0.2) is 4.79 Å². The lowest BCUT2D eigenvalue weighted by Crippen LogP contribution is -2.48. The average Bonchev–Trinajstić information content (AvgIpc) is 2.59. The van der Waals surface area contributed by atoms with Crippen molar-refractivity contribution in [2.24, 2.45) is 10.4 Å². The molecule has 0 heterocycles. The smallest absolute Gasteiger partial charge is 0.407 e. The number of alkyl carbamates (subject to hydrolysis) is 1. The third kappa shape index (κ3) is 8.80. The van der Waals surface area contributed by atoms with E-state index >= 15 is 0 Å². The Kier molecular flexibility index (Phi) is 9.04. The van der Waals surface area contributed by atoms with Gasteiger partial charge in [-0.3, -0.25) is 9.79 Å². The van der Waals surface area contributed by atoms with E-state index in [4.69, 9.17) is 4.74 Å². The van der Waals surface area contributed by atoms with E-state index in [1.54, 1.807) is 7.05 Å². The Morgan fingerprint density at radius 2 is 1.54 bits per heavy atom. The molecule has 0 aromatic carbocycles. The normalized spacial score (nSPS) is 20.9. The number of nitrogens with zero attached hydrogens (tertiary/aromatic N) is 1. The van der Waals surface area contributed by atoms with Gasteiger partial charge in [-0.15, -0.1) is 0 Å². The Bertz CT molecular complexity index is 547. The van der Waals surface area contributed by atoms with E-state index in [-0.39, 0.29) is 24.1 Å². The number of guanidine groups is 1. The molecular weight excluding hydrogens is 358 g/mol. The van der Waals surface area contributed by atoms with Crippen LogP contribution in [0.15, 0.2) is 4.99 Å². The maximum absolute atomic E-state index is 11.9. The molecule has 162 valence electrons. The van der Waals surface area contributed by atoms with Crippen LogP contribution in [-0.2, 0) is 9.53 Å². The van der Waals surface area contributed by atoms with Crippen LogP contribution in [0.2, 0.25) is 0 Å². The molecule has 0 bridgehead atoms. The molecule has 1 fully saturated rings. The molecule has 4 N–H and O–H groups in total. The molecule has 28 heavy (non-hydrogen) atoms. The SMILES string of the molecule is CCNC(=NCC(C)(C)C(=O)NC)NC1CCC(NC(=O)OC(C)(C)C)CC1. The summed E-state index contributed by atoms with van der Waals surface area (Å²) < 4.78 is 5.33. The quantitative estimate of drug-likeness (QED) is 0.406. The molecule has 0 aromatic heterocycles. The molecule has 0 unspecified atom stereocenters. The Morgan fingerprint density at radius 3 is 2.00 bits per heavy atom. The summed E-state index contributed by atoms with van der Waals surface area (Å²) in [5.41, 5.74) is -1.05. The van der Waals surface area contributed by atoms with Crippen molar-refractivity contribution in [1.82, 2.24) is 21.3 Å². The van der Waals surface area contributed by atoms with Crippen molar-refractivity contribution in [3.63, 3.8) is 0 Å². The lowest BCUT2D eigenvalue weighted by atomic mass is 9.91. The van der Waals surface area contributed by atoms with Crippen LogP contribution < -0.4 is 21.3 Å². The van der Waals surface area contributed by atoms with Gasteiger partial charge < -0.3 is 26.0 Å². The molecule has 2 amide bonds. The average molecular weight is 398 g/mol. The number of nitrogens with one attached hydrogen (secondary N) is 4. The molecule has 1 aliphatic rings. The minimum absolute atomic E-state index is 0.0270. The third-order valence-electron chi connectivity index (χ3n) is 4.61. The summed E-state index contributed by atoms with van der Waals surface area (Å²) in [6, 6.07) is 0.428. The standard InChI is InChI=1S/C20H39N5O3/c1-8-22-17(23-13-20(5,6)16(26)21-7)24-14-9-11-15(12-10-14)25-18(27)28-19(2,3)4/h14-15H,8-13H2,1-7H3,(H,21,26)(H,25,27)(H2,22,23,24). The van der Waals surface area contributed by atoms with Crippen molar-refractivity contribution in [3.8, 4) is 0 Å². The van der Waals surface area contributed by atoms with Crippen LogP contribution in [0, 0.1) is 5.41 Å². The number of ether oxygens (including phenoxy) is 1. The molecule has 1 saturated carbocycles. The van der Waals surface area contributed by atoms with Crippen LogP contribution in [0.25, 0.3) is 0 Å². The second-order valence-corrected chi connectivity index (χ2v) is 9.00. The number of aliphatic imine (C=N–C) groups is 1. The largest absolute Gasteiger partial charge is 0.444 e. The maximum atomic E-state index is 11.9. The number of rotatable bonds is 6. The fourth-order valence-corrected chi connectivity index (χ4v) is 3.06. The topological polar surface area (TPSA) is 104 Å². The van der Waals surface area contributed by atoms with Gasteiger partial charge in [-0.2, -0.15) is 0 Å². The zero-order valence-electron chi connectivity index (χ0n) is 18.6. The summed E-state index contributed by atoms with van der Waals surface area (Å²) in [6.07, 6.45) is 3.29. The highest BCUT2D eigenvalue weighted by Gasteiger charge is 2.28. The monoisotopic (exact) mass is 397 g/mol. The van der Waals surface area contributed by atoms with Crippen molar-refractivity contribution in [2.45, 2.75) is 84.9 Å². The van der Waals surface area contributed by atoms with E-state index in [2.05, 4.69) is 26.3 Å². The molecule has 0 saturated heterocycles. The predicted octanol–water partition coefficient (Wildman–Crippen LogP) is 2.15.